The minimum Gasteiger partial charge on any atom is -0.457 e. The average Bonchev–Trinajstić information content (AvgIpc) is 3.50. The summed E-state index contributed by atoms with van der Waals surface area (Å²) in [7, 11) is 5.28. The Balaban J connectivity index is 1.56. The summed E-state index contributed by atoms with van der Waals surface area (Å²) < 4.78 is 36.8. The number of likely N-dealkylation sites (N-methyl/N-ethyl adjacent to an activating group) is 1. The van der Waals surface area contributed by atoms with E-state index in [1.807, 2.05) is 71.0 Å². The van der Waals surface area contributed by atoms with Crippen LogP contribution in [0.25, 0.3) is 10.8 Å². The smallest absolute Gasteiger partial charge is 0.457 e. The number of fused-ring (bicyclic) bond motifs is 2. The number of methoxy groups -OCH3 is 1. The van der Waals surface area contributed by atoms with E-state index in [2.05, 4.69) is 22.0 Å². The van der Waals surface area contributed by atoms with E-state index in [4.69, 9.17) is 33.3 Å². The van der Waals surface area contributed by atoms with E-state index in [0.717, 1.165) is 16.3 Å². The van der Waals surface area contributed by atoms with Crippen LogP contribution in [0, 0.1) is 35.5 Å². The first-order valence-corrected chi connectivity index (χ1v) is 19.8. The second kappa shape index (κ2) is 18.2. The standard InChI is InChI=1S/C43H59N3O11/c1-12-33-43(8)38(56-41(50)57-43)26(4)34(45-52-19-15-17-30-23-44-22-29-16-13-14-18-31(29)30)24(2)21-42(7,51-11)37(27(5)35(47)28(6)39(49)54-33)55-40-36(48)32(46(9)10)20-25(3)53-40/h13-14,16,18,22-28,32-33,36-38,40,48H,12,19-21H2,1-11H3/b45-34+/t24-,25+,26+,27+,28-,32-,33-,36+,37-,38+,40-,42-,43-/m1/s1. The van der Waals surface area contributed by atoms with Gasteiger partial charge in [0.1, 0.15) is 18.1 Å². The zero-order valence-corrected chi connectivity index (χ0v) is 35.0. The molecule has 0 aliphatic carbocycles. The molecular weight excluding hydrogens is 734 g/mol. The van der Waals surface area contributed by atoms with Gasteiger partial charge in [0.05, 0.1) is 29.1 Å². The van der Waals surface area contributed by atoms with E-state index in [1.54, 1.807) is 33.2 Å². The first kappa shape index (κ1) is 44.0. The Hall–Kier alpha value is -4.13. The van der Waals surface area contributed by atoms with Crippen molar-refractivity contribution in [1.82, 2.24) is 9.88 Å². The van der Waals surface area contributed by atoms with E-state index in [-0.39, 0.29) is 31.6 Å². The molecule has 0 bridgehead atoms. The van der Waals surface area contributed by atoms with E-state index in [1.165, 1.54) is 14.0 Å². The van der Waals surface area contributed by atoms with Gasteiger partial charge in [-0.15, -0.1) is 0 Å². The van der Waals surface area contributed by atoms with Crippen LogP contribution in [0.5, 0.6) is 0 Å². The molecule has 0 amide bonds. The number of aromatic nitrogens is 1. The number of carbonyl (C=O) groups is 3. The highest BCUT2D eigenvalue weighted by Gasteiger charge is 2.58. The van der Waals surface area contributed by atoms with Gasteiger partial charge < -0.3 is 43.3 Å². The van der Waals surface area contributed by atoms with Gasteiger partial charge in [0, 0.05) is 54.1 Å². The third-order valence-electron chi connectivity index (χ3n) is 12.0. The summed E-state index contributed by atoms with van der Waals surface area (Å²) in [4.78, 5) is 53.2. The van der Waals surface area contributed by atoms with Crippen LogP contribution >= 0.6 is 0 Å². The zero-order valence-electron chi connectivity index (χ0n) is 35.0. The highest BCUT2D eigenvalue weighted by molar-refractivity contribution is 6.00. The molecule has 3 fully saturated rings. The Labute approximate surface area is 335 Å². The van der Waals surface area contributed by atoms with E-state index in [0.29, 0.717) is 12.1 Å². The molecule has 0 saturated carbocycles. The Morgan fingerprint density at radius 3 is 2.44 bits per heavy atom. The van der Waals surface area contributed by atoms with Crippen molar-refractivity contribution in [1.29, 1.82) is 0 Å². The summed E-state index contributed by atoms with van der Waals surface area (Å²) in [6.45, 7) is 14.1. The average molecular weight is 794 g/mol. The van der Waals surface area contributed by atoms with Crippen LogP contribution in [0.1, 0.15) is 80.2 Å². The first-order valence-electron chi connectivity index (χ1n) is 19.8. The number of aliphatic hydroxyl groups is 1. The van der Waals surface area contributed by atoms with Crippen molar-refractivity contribution < 1.29 is 52.7 Å². The number of ketones is 1. The van der Waals surface area contributed by atoms with Crippen molar-refractivity contribution in [2.75, 3.05) is 27.8 Å². The number of aliphatic hydroxyl groups excluding tert-OH is 1. The molecule has 5 rings (SSSR count). The molecule has 14 heteroatoms. The maximum absolute atomic E-state index is 14.3. The number of pyridine rings is 1. The van der Waals surface area contributed by atoms with E-state index < -0.39 is 83.5 Å². The summed E-state index contributed by atoms with van der Waals surface area (Å²) in [5.41, 5.74) is -1.44. The number of nitrogens with zero attached hydrogens (tertiary/aromatic N) is 3. The van der Waals surface area contributed by atoms with Crippen molar-refractivity contribution in [3.05, 3.63) is 42.2 Å². The molecule has 1 aromatic carbocycles. The molecule has 0 spiro atoms. The van der Waals surface area contributed by atoms with Gasteiger partial charge >= 0.3 is 12.1 Å². The van der Waals surface area contributed by atoms with Crippen LogP contribution in [0.2, 0.25) is 0 Å². The normalized spacial score (nSPS) is 37.4. The number of ether oxygens (including phenoxy) is 6. The molecule has 14 nitrogen and oxygen atoms in total. The SMILES string of the molecule is CC[C@H]1OC(=O)[C@H](C)C(=O)[C@H](C)[C@@H](O[C@H]2O[C@@H](C)C[C@@H](N(C)C)[C@@H]2O)[C@](C)(OC)C[C@@H](C)/C(=N\OCC#Cc2cncc3ccccc23)[C@H](C)[C@@H]2OC(=O)O[C@]12C. The molecule has 1 aromatic heterocycles. The number of oxime groups is 1. The van der Waals surface area contributed by atoms with E-state index >= 15 is 0 Å². The van der Waals surface area contributed by atoms with Crippen molar-refractivity contribution in [2.24, 2.45) is 28.8 Å². The second-order valence-electron chi connectivity index (χ2n) is 16.4. The monoisotopic (exact) mass is 793 g/mol. The first-order chi connectivity index (χ1) is 26.9. The van der Waals surface area contributed by atoms with Crippen molar-refractivity contribution in [3.63, 3.8) is 0 Å². The van der Waals surface area contributed by atoms with Gasteiger partial charge in [-0.05, 0) is 61.1 Å². The van der Waals surface area contributed by atoms with Gasteiger partial charge in [0.2, 0.25) is 0 Å². The molecule has 0 unspecified atom stereocenters. The molecule has 312 valence electrons. The summed E-state index contributed by atoms with van der Waals surface area (Å²) >= 11 is 0. The topological polar surface area (TPSA) is 165 Å². The van der Waals surface area contributed by atoms with Gasteiger partial charge in [-0.1, -0.05) is 69.0 Å². The zero-order chi connectivity index (χ0) is 41.8. The van der Waals surface area contributed by atoms with Crippen molar-refractivity contribution >= 4 is 34.4 Å². The second-order valence-corrected chi connectivity index (χ2v) is 16.4. The number of cyclic esters (lactones) is 1. The highest BCUT2D eigenvalue weighted by Crippen LogP contribution is 2.42. The maximum atomic E-state index is 14.3. The van der Waals surface area contributed by atoms with Crippen molar-refractivity contribution in [2.45, 2.75) is 129 Å². The van der Waals surface area contributed by atoms with Gasteiger partial charge in [-0.3, -0.25) is 14.6 Å². The van der Waals surface area contributed by atoms with Crippen LogP contribution in [0.15, 0.2) is 41.8 Å². The largest absolute Gasteiger partial charge is 0.509 e. The lowest BCUT2D eigenvalue weighted by Gasteiger charge is -2.47. The summed E-state index contributed by atoms with van der Waals surface area (Å²) in [6, 6.07) is 7.54. The number of esters is 1. The fourth-order valence-corrected chi connectivity index (χ4v) is 8.72. The summed E-state index contributed by atoms with van der Waals surface area (Å²) in [6.07, 6.45) is -1.78. The number of benzene rings is 1. The molecule has 2 aromatic rings. The maximum Gasteiger partial charge on any atom is 0.509 e. The number of rotatable bonds is 7. The van der Waals surface area contributed by atoms with Gasteiger partial charge in [-0.25, -0.2) is 4.79 Å². The minimum absolute atomic E-state index is 0.0710. The molecule has 0 radical (unpaired) electrons. The van der Waals surface area contributed by atoms with Crippen LogP contribution in [0.4, 0.5) is 4.79 Å². The molecule has 13 atom stereocenters. The fraction of sp³-hybridized carbons (Fsp3) is 0.651. The molecule has 3 aliphatic rings. The molecular formula is C43H59N3O11. The quantitative estimate of drug-likeness (QED) is 0.126. The minimum atomic E-state index is -1.44. The summed E-state index contributed by atoms with van der Waals surface area (Å²) in [5, 5.41) is 18.1. The Kier molecular flexibility index (Phi) is 14.0. The Bertz CT molecular complexity index is 1850. The lowest BCUT2D eigenvalue weighted by Crippen LogP contribution is -2.59. The van der Waals surface area contributed by atoms with Gasteiger partial charge in [0.15, 0.2) is 30.4 Å². The third kappa shape index (κ3) is 9.29. The number of hydrogen-bond acceptors (Lipinski definition) is 14. The predicted octanol–water partition coefficient (Wildman–Crippen LogP) is 5.31. The van der Waals surface area contributed by atoms with Gasteiger partial charge in [0.25, 0.3) is 0 Å². The molecule has 3 aliphatic heterocycles. The molecule has 3 saturated heterocycles. The number of Topliss-reactive ketones (excluding diaryl/α,β-unsaturated/α-hetero) is 1. The molecule has 1 N–H and O–H groups in total. The third-order valence-corrected chi connectivity index (χ3v) is 12.0. The van der Waals surface area contributed by atoms with Crippen molar-refractivity contribution in [3.8, 4) is 11.8 Å². The lowest BCUT2D eigenvalue weighted by atomic mass is 9.74. The van der Waals surface area contributed by atoms with Crippen LogP contribution in [-0.2, 0) is 42.8 Å². The van der Waals surface area contributed by atoms with Crippen LogP contribution < -0.4 is 0 Å². The Morgan fingerprint density at radius 1 is 1.04 bits per heavy atom. The fourth-order valence-electron chi connectivity index (χ4n) is 8.72. The van der Waals surface area contributed by atoms with Gasteiger partial charge in [-0.2, -0.15) is 0 Å². The van der Waals surface area contributed by atoms with Crippen LogP contribution in [-0.4, -0.2) is 120 Å². The highest BCUT2D eigenvalue weighted by atomic mass is 16.8. The molecule has 4 heterocycles. The number of carbonyl (C=O) groups excluding carboxylic acids is 3. The predicted molar refractivity (Wildman–Crippen MR) is 211 cm³/mol. The number of hydrogen-bond donors (Lipinski definition) is 1. The Morgan fingerprint density at radius 2 is 1.75 bits per heavy atom. The lowest BCUT2D eigenvalue weighted by molar-refractivity contribution is -0.295. The molecule has 57 heavy (non-hydrogen) atoms. The van der Waals surface area contributed by atoms with E-state index in [9.17, 15) is 19.5 Å². The summed E-state index contributed by atoms with van der Waals surface area (Å²) in [5.74, 6) is 1.67. The van der Waals surface area contributed by atoms with Crippen LogP contribution in [0.3, 0.4) is 0 Å².